The number of nitrogens with one attached hydrogen (secondary N) is 1. The number of sulfonamides is 1. The van der Waals surface area contributed by atoms with Crippen molar-refractivity contribution in [1.82, 2.24) is 0 Å². The van der Waals surface area contributed by atoms with Crippen LogP contribution in [0.15, 0.2) is 22.7 Å². The Bertz CT molecular complexity index is 540. The van der Waals surface area contributed by atoms with Gasteiger partial charge in [0.25, 0.3) is 0 Å². The second-order valence-corrected chi connectivity index (χ2v) is 7.75. The van der Waals surface area contributed by atoms with Crippen molar-refractivity contribution in [3.8, 4) is 0 Å². The number of nitrogen functional groups attached to an aromatic ring is 1. The van der Waals surface area contributed by atoms with Gasteiger partial charge in [-0.3, -0.25) is 4.72 Å². The molecule has 1 aromatic rings. The minimum Gasteiger partial charge on any atom is -0.398 e. The van der Waals surface area contributed by atoms with Crippen molar-refractivity contribution >= 4 is 37.3 Å². The van der Waals surface area contributed by atoms with Gasteiger partial charge in [0, 0.05) is 15.8 Å². The molecule has 3 N–H and O–H groups in total. The summed E-state index contributed by atoms with van der Waals surface area (Å²) in [6.45, 7) is 0. The van der Waals surface area contributed by atoms with E-state index in [-0.39, 0.29) is 5.75 Å². The van der Waals surface area contributed by atoms with Gasteiger partial charge in [0.1, 0.15) is 0 Å². The van der Waals surface area contributed by atoms with Crippen LogP contribution in [0, 0.1) is 5.92 Å². The second kappa shape index (κ2) is 6.13. The van der Waals surface area contributed by atoms with Crippen LogP contribution in [0.5, 0.6) is 0 Å². The molecule has 0 spiro atoms. The van der Waals surface area contributed by atoms with E-state index in [2.05, 4.69) is 20.7 Å². The zero-order valence-electron chi connectivity index (χ0n) is 10.7. The Balaban J connectivity index is 2.01. The molecule has 6 heteroatoms. The van der Waals surface area contributed by atoms with Crippen LogP contribution in [0.1, 0.15) is 32.1 Å². The molecule has 0 aliphatic heterocycles. The van der Waals surface area contributed by atoms with Gasteiger partial charge >= 0.3 is 0 Å². The number of nitrogens with two attached hydrogens (primary N) is 1. The average molecular weight is 347 g/mol. The first-order valence-corrected chi connectivity index (χ1v) is 8.96. The first kappa shape index (κ1) is 14.7. The molecule has 1 aliphatic carbocycles. The largest absolute Gasteiger partial charge is 0.398 e. The van der Waals surface area contributed by atoms with Crippen LogP contribution >= 0.6 is 15.9 Å². The van der Waals surface area contributed by atoms with Gasteiger partial charge in [-0.05, 0) is 52.9 Å². The molecule has 0 saturated heterocycles. The molecule has 0 radical (unpaired) electrons. The molecule has 1 fully saturated rings. The Morgan fingerprint density at radius 3 is 2.58 bits per heavy atom. The molecule has 106 valence electrons. The maximum absolute atomic E-state index is 12.1. The summed E-state index contributed by atoms with van der Waals surface area (Å²) in [5, 5.41) is 0. The highest BCUT2D eigenvalue weighted by Crippen LogP contribution is 2.27. The van der Waals surface area contributed by atoms with E-state index < -0.39 is 10.0 Å². The Morgan fingerprint density at radius 1 is 1.26 bits per heavy atom. The molecule has 1 saturated carbocycles. The van der Waals surface area contributed by atoms with E-state index in [1.807, 2.05) is 0 Å². The van der Waals surface area contributed by atoms with Gasteiger partial charge in [-0.15, -0.1) is 0 Å². The fourth-order valence-electron chi connectivity index (χ4n) is 2.48. The molecule has 1 aromatic carbocycles. The summed E-state index contributed by atoms with van der Waals surface area (Å²) in [5.41, 5.74) is 6.82. The Hall–Kier alpha value is -0.750. The molecule has 2 rings (SSSR count). The molecule has 0 bridgehead atoms. The van der Waals surface area contributed by atoms with Gasteiger partial charge in [0.15, 0.2) is 0 Å². The fraction of sp³-hybridized carbons (Fsp3) is 0.538. The van der Waals surface area contributed by atoms with Crippen LogP contribution in [0.4, 0.5) is 11.4 Å². The van der Waals surface area contributed by atoms with Crippen LogP contribution in [-0.2, 0) is 10.0 Å². The molecule has 0 atom stereocenters. The lowest BCUT2D eigenvalue weighted by molar-refractivity contribution is 0.385. The Kier molecular flexibility index (Phi) is 4.73. The zero-order valence-corrected chi connectivity index (χ0v) is 13.1. The lowest BCUT2D eigenvalue weighted by atomic mass is 9.91. The zero-order chi connectivity index (χ0) is 13.9. The lowest BCUT2D eigenvalue weighted by Crippen LogP contribution is -2.24. The highest BCUT2D eigenvalue weighted by Gasteiger charge is 2.21. The SMILES string of the molecule is Nc1ccc(NS(=O)(=O)CC2CCCCC2)cc1Br. The van der Waals surface area contributed by atoms with E-state index in [1.54, 1.807) is 18.2 Å². The number of hydrogen-bond donors (Lipinski definition) is 2. The van der Waals surface area contributed by atoms with Crippen molar-refractivity contribution in [2.24, 2.45) is 5.92 Å². The second-order valence-electron chi connectivity index (χ2n) is 5.12. The molecule has 0 unspecified atom stereocenters. The van der Waals surface area contributed by atoms with E-state index in [1.165, 1.54) is 6.42 Å². The Morgan fingerprint density at radius 2 is 1.95 bits per heavy atom. The summed E-state index contributed by atoms with van der Waals surface area (Å²) in [6, 6.07) is 5.05. The summed E-state index contributed by atoms with van der Waals surface area (Å²) in [7, 11) is -3.28. The molecule has 0 amide bonds. The third-order valence-electron chi connectivity index (χ3n) is 3.45. The van der Waals surface area contributed by atoms with E-state index >= 15 is 0 Å². The topological polar surface area (TPSA) is 72.2 Å². The predicted octanol–water partition coefficient (Wildman–Crippen LogP) is 3.35. The summed E-state index contributed by atoms with van der Waals surface area (Å²) in [6.07, 6.45) is 5.56. The van der Waals surface area contributed by atoms with Crippen molar-refractivity contribution in [2.75, 3.05) is 16.2 Å². The standard InChI is InChI=1S/C13H19BrN2O2S/c14-12-8-11(6-7-13(12)15)16-19(17,18)9-10-4-2-1-3-5-10/h6-8,10,16H,1-5,9,15H2. The monoisotopic (exact) mass is 346 g/mol. The smallest absolute Gasteiger partial charge is 0.232 e. The minimum absolute atomic E-state index is 0.217. The maximum Gasteiger partial charge on any atom is 0.232 e. The average Bonchev–Trinajstić information content (AvgIpc) is 2.34. The molecular formula is C13H19BrN2O2S. The van der Waals surface area contributed by atoms with Gasteiger partial charge in [-0.2, -0.15) is 0 Å². The van der Waals surface area contributed by atoms with Crippen LogP contribution in [0.2, 0.25) is 0 Å². The first-order valence-electron chi connectivity index (χ1n) is 6.52. The number of benzene rings is 1. The summed E-state index contributed by atoms with van der Waals surface area (Å²) >= 11 is 3.29. The maximum atomic E-state index is 12.1. The van der Waals surface area contributed by atoms with Crippen LogP contribution in [-0.4, -0.2) is 14.2 Å². The van der Waals surface area contributed by atoms with Crippen molar-refractivity contribution in [2.45, 2.75) is 32.1 Å². The molecule has 0 aromatic heterocycles. The normalized spacial score (nSPS) is 17.3. The molecular weight excluding hydrogens is 328 g/mol. The van der Waals surface area contributed by atoms with Gasteiger partial charge in [0.2, 0.25) is 10.0 Å². The van der Waals surface area contributed by atoms with Crippen LogP contribution in [0.25, 0.3) is 0 Å². The number of halogens is 1. The van der Waals surface area contributed by atoms with E-state index in [9.17, 15) is 8.42 Å². The number of hydrogen-bond acceptors (Lipinski definition) is 3. The third kappa shape index (κ3) is 4.38. The molecule has 1 aliphatic rings. The summed E-state index contributed by atoms with van der Waals surface area (Å²) in [5.74, 6) is 0.512. The summed E-state index contributed by atoms with van der Waals surface area (Å²) < 4.78 is 27.5. The molecule has 19 heavy (non-hydrogen) atoms. The third-order valence-corrected chi connectivity index (χ3v) is 5.60. The van der Waals surface area contributed by atoms with Gasteiger partial charge in [0.05, 0.1) is 5.75 Å². The molecule has 4 nitrogen and oxygen atoms in total. The van der Waals surface area contributed by atoms with Gasteiger partial charge < -0.3 is 5.73 Å². The number of anilines is 2. The molecule has 0 heterocycles. The fourth-order valence-corrected chi connectivity index (χ4v) is 4.38. The Labute approximate surface area is 122 Å². The quantitative estimate of drug-likeness (QED) is 0.821. The predicted molar refractivity (Wildman–Crippen MR) is 82.5 cm³/mol. The van der Waals surface area contributed by atoms with Crippen molar-refractivity contribution in [1.29, 1.82) is 0 Å². The van der Waals surface area contributed by atoms with Gasteiger partial charge in [-0.25, -0.2) is 8.42 Å². The van der Waals surface area contributed by atoms with Crippen molar-refractivity contribution < 1.29 is 8.42 Å². The van der Waals surface area contributed by atoms with Crippen molar-refractivity contribution in [3.63, 3.8) is 0 Å². The lowest BCUT2D eigenvalue weighted by Gasteiger charge is -2.21. The first-order chi connectivity index (χ1) is 8.96. The van der Waals surface area contributed by atoms with E-state index in [0.717, 1.165) is 25.7 Å². The highest BCUT2D eigenvalue weighted by molar-refractivity contribution is 9.10. The van der Waals surface area contributed by atoms with Gasteiger partial charge in [-0.1, -0.05) is 19.3 Å². The van der Waals surface area contributed by atoms with E-state index in [0.29, 0.717) is 21.8 Å². The highest BCUT2D eigenvalue weighted by atomic mass is 79.9. The van der Waals surface area contributed by atoms with Crippen LogP contribution in [0.3, 0.4) is 0 Å². The van der Waals surface area contributed by atoms with Crippen LogP contribution < -0.4 is 10.5 Å². The minimum atomic E-state index is -3.28. The number of rotatable bonds is 4. The van der Waals surface area contributed by atoms with Crippen molar-refractivity contribution in [3.05, 3.63) is 22.7 Å². The summed E-state index contributed by atoms with van der Waals surface area (Å²) in [4.78, 5) is 0. The van der Waals surface area contributed by atoms with E-state index in [4.69, 9.17) is 5.73 Å².